The predicted octanol–water partition coefficient (Wildman–Crippen LogP) is 2.27. The molecule has 1 heterocycles. The second kappa shape index (κ2) is 5.58. The van der Waals surface area contributed by atoms with Crippen LogP contribution in [0.1, 0.15) is 17.5 Å². The number of amides is 1. The summed E-state index contributed by atoms with van der Waals surface area (Å²) in [7, 11) is 0. The number of carbonyl (C=O) groups is 2. The molecule has 1 amide bonds. The van der Waals surface area contributed by atoms with Gasteiger partial charge in [0.1, 0.15) is 0 Å². The number of benzene rings is 1. The van der Waals surface area contributed by atoms with Crippen LogP contribution in [0.2, 0.25) is 0 Å². The summed E-state index contributed by atoms with van der Waals surface area (Å²) in [5.74, 6) is -2.39. The number of aliphatic carboxylic acids is 1. The summed E-state index contributed by atoms with van der Waals surface area (Å²) in [6.45, 7) is -0.773. The molecule has 0 bridgehead atoms. The Bertz CT molecular complexity index is 602. The number of alkyl halides is 4. The zero-order chi connectivity index (χ0) is 16.5. The summed E-state index contributed by atoms with van der Waals surface area (Å²) in [4.78, 5) is 23.7. The lowest BCUT2D eigenvalue weighted by Gasteiger charge is -2.19. The van der Waals surface area contributed by atoms with E-state index in [4.69, 9.17) is 5.11 Å². The molecule has 1 aromatic rings. The zero-order valence-electron chi connectivity index (χ0n) is 11.4. The monoisotopic (exact) mass is 319 g/mol. The molecular formula is C14H13F4NO3. The first-order chi connectivity index (χ1) is 10.1. The van der Waals surface area contributed by atoms with Crippen LogP contribution in [-0.4, -0.2) is 40.6 Å². The summed E-state index contributed by atoms with van der Waals surface area (Å²) in [6, 6.07) is 4.63. The molecule has 1 atom stereocenters. The zero-order valence-corrected chi connectivity index (χ0v) is 11.4. The van der Waals surface area contributed by atoms with E-state index in [9.17, 15) is 27.2 Å². The Balaban J connectivity index is 2.13. The first-order valence-electron chi connectivity index (χ1n) is 6.49. The van der Waals surface area contributed by atoms with Gasteiger partial charge >= 0.3 is 12.1 Å². The van der Waals surface area contributed by atoms with Gasteiger partial charge in [-0.25, -0.2) is 9.18 Å². The van der Waals surface area contributed by atoms with Crippen molar-refractivity contribution in [2.75, 3.05) is 13.1 Å². The molecule has 1 fully saturated rings. The standard InChI is InChI=1S/C14H13F4NO3/c15-13(12(21)22)5-6-19(8-13)11(20)7-9-3-1-2-4-10(9)14(16,17)18/h1-4H,5-8H2,(H,21,22). The predicted molar refractivity (Wildman–Crippen MR) is 67.8 cm³/mol. The lowest BCUT2D eigenvalue weighted by atomic mass is 10.0. The Labute approximate surface area is 123 Å². The average Bonchev–Trinajstić information content (AvgIpc) is 2.82. The van der Waals surface area contributed by atoms with E-state index in [2.05, 4.69) is 0 Å². The van der Waals surface area contributed by atoms with Crippen molar-refractivity contribution in [3.8, 4) is 0 Å². The third-order valence-corrected chi connectivity index (χ3v) is 3.62. The van der Waals surface area contributed by atoms with Crippen LogP contribution in [0.15, 0.2) is 24.3 Å². The quantitative estimate of drug-likeness (QED) is 0.870. The summed E-state index contributed by atoms with van der Waals surface area (Å²) >= 11 is 0. The maximum absolute atomic E-state index is 13.9. The second-order valence-electron chi connectivity index (χ2n) is 5.17. The van der Waals surface area contributed by atoms with Crippen molar-refractivity contribution in [1.82, 2.24) is 4.90 Å². The van der Waals surface area contributed by atoms with Crippen molar-refractivity contribution in [3.63, 3.8) is 0 Å². The number of nitrogens with zero attached hydrogens (tertiary/aromatic N) is 1. The molecule has 2 rings (SSSR count). The van der Waals surface area contributed by atoms with E-state index in [0.29, 0.717) is 0 Å². The van der Waals surface area contributed by atoms with Gasteiger partial charge in [0.05, 0.1) is 18.5 Å². The summed E-state index contributed by atoms with van der Waals surface area (Å²) in [5, 5.41) is 8.75. The molecule has 0 spiro atoms. The molecule has 1 aliphatic rings. The second-order valence-corrected chi connectivity index (χ2v) is 5.17. The van der Waals surface area contributed by atoms with Crippen LogP contribution in [-0.2, 0) is 22.2 Å². The fourth-order valence-corrected chi connectivity index (χ4v) is 2.39. The van der Waals surface area contributed by atoms with E-state index in [-0.39, 0.29) is 18.5 Å². The third kappa shape index (κ3) is 3.20. The highest BCUT2D eigenvalue weighted by molar-refractivity contribution is 5.83. The van der Waals surface area contributed by atoms with Gasteiger partial charge in [-0.05, 0) is 11.6 Å². The fourth-order valence-electron chi connectivity index (χ4n) is 2.39. The Hall–Kier alpha value is -2.12. The lowest BCUT2D eigenvalue weighted by Crippen LogP contribution is -2.39. The van der Waals surface area contributed by atoms with E-state index in [1.165, 1.54) is 18.2 Å². The average molecular weight is 319 g/mol. The van der Waals surface area contributed by atoms with Crippen LogP contribution >= 0.6 is 0 Å². The van der Waals surface area contributed by atoms with Gasteiger partial charge in [0.25, 0.3) is 0 Å². The van der Waals surface area contributed by atoms with Crippen LogP contribution in [0, 0.1) is 0 Å². The van der Waals surface area contributed by atoms with E-state index in [0.717, 1.165) is 11.0 Å². The van der Waals surface area contributed by atoms with Crippen molar-refractivity contribution >= 4 is 11.9 Å². The van der Waals surface area contributed by atoms with Gasteiger partial charge in [-0.3, -0.25) is 4.79 Å². The highest BCUT2D eigenvalue weighted by atomic mass is 19.4. The highest BCUT2D eigenvalue weighted by Gasteiger charge is 2.47. The van der Waals surface area contributed by atoms with Crippen molar-refractivity contribution in [3.05, 3.63) is 35.4 Å². The molecular weight excluding hydrogens is 306 g/mol. The first-order valence-corrected chi connectivity index (χ1v) is 6.49. The number of hydrogen-bond acceptors (Lipinski definition) is 2. The van der Waals surface area contributed by atoms with Gasteiger partial charge < -0.3 is 10.0 Å². The topological polar surface area (TPSA) is 57.6 Å². The van der Waals surface area contributed by atoms with Crippen molar-refractivity contribution in [2.45, 2.75) is 24.7 Å². The van der Waals surface area contributed by atoms with Crippen LogP contribution in [0.3, 0.4) is 0 Å². The van der Waals surface area contributed by atoms with Crippen LogP contribution in [0.25, 0.3) is 0 Å². The number of rotatable bonds is 3. The number of carbonyl (C=O) groups excluding carboxylic acids is 1. The van der Waals surface area contributed by atoms with E-state index >= 15 is 0 Å². The molecule has 8 heteroatoms. The van der Waals surface area contributed by atoms with Gasteiger partial charge in [0.15, 0.2) is 0 Å². The van der Waals surface area contributed by atoms with Crippen LogP contribution in [0.4, 0.5) is 17.6 Å². The number of carboxylic acids is 1. The van der Waals surface area contributed by atoms with Crippen LogP contribution < -0.4 is 0 Å². The lowest BCUT2D eigenvalue weighted by molar-refractivity contribution is -0.150. The Morgan fingerprint density at radius 1 is 1.27 bits per heavy atom. The van der Waals surface area contributed by atoms with Crippen LogP contribution in [0.5, 0.6) is 0 Å². The maximum Gasteiger partial charge on any atom is 0.416 e. The van der Waals surface area contributed by atoms with E-state index in [1.54, 1.807) is 0 Å². The molecule has 1 aliphatic heterocycles. The molecule has 1 aromatic carbocycles. The molecule has 0 radical (unpaired) electrons. The van der Waals surface area contributed by atoms with E-state index < -0.39 is 42.3 Å². The maximum atomic E-state index is 13.9. The molecule has 120 valence electrons. The number of halogens is 4. The largest absolute Gasteiger partial charge is 0.479 e. The molecule has 22 heavy (non-hydrogen) atoms. The van der Waals surface area contributed by atoms with E-state index in [1.807, 2.05) is 0 Å². The smallest absolute Gasteiger partial charge is 0.416 e. The van der Waals surface area contributed by atoms with Gasteiger partial charge in [-0.2, -0.15) is 13.2 Å². The normalized spacial score (nSPS) is 21.9. The molecule has 0 saturated carbocycles. The fraction of sp³-hybridized carbons (Fsp3) is 0.429. The Morgan fingerprint density at radius 2 is 1.91 bits per heavy atom. The van der Waals surface area contributed by atoms with Gasteiger partial charge in [-0.1, -0.05) is 18.2 Å². The molecule has 0 aliphatic carbocycles. The highest BCUT2D eigenvalue weighted by Crippen LogP contribution is 2.33. The van der Waals surface area contributed by atoms with Crippen molar-refractivity contribution < 1.29 is 32.3 Å². The summed E-state index contributed by atoms with van der Waals surface area (Å²) in [5.41, 5.74) is -3.67. The first kappa shape index (κ1) is 16.3. The van der Waals surface area contributed by atoms with Crippen molar-refractivity contribution in [2.24, 2.45) is 0 Å². The Morgan fingerprint density at radius 3 is 2.45 bits per heavy atom. The molecule has 1 N–H and O–H groups in total. The van der Waals surface area contributed by atoms with Gasteiger partial charge in [0, 0.05) is 13.0 Å². The number of carboxylic acid groups (broad SMARTS) is 1. The number of likely N-dealkylation sites (tertiary alicyclic amines) is 1. The minimum atomic E-state index is -4.59. The molecule has 1 saturated heterocycles. The van der Waals surface area contributed by atoms with Gasteiger partial charge in [-0.15, -0.1) is 0 Å². The Kier molecular flexibility index (Phi) is 4.12. The number of hydrogen-bond donors (Lipinski definition) is 1. The SMILES string of the molecule is O=C(Cc1ccccc1C(F)(F)F)N1CCC(F)(C(=O)O)C1. The minimum Gasteiger partial charge on any atom is -0.479 e. The molecule has 1 unspecified atom stereocenters. The van der Waals surface area contributed by atoms with Gasteiger partial charge in [0.2, 0.25) is 11.6 Å². The van der Waals surface area contributed by atoms with Crippen molar-refractivity contribution in [1.29, 1.82) is 0 Å². The molecule has 0 aromatic heterocycles. The summed E-state index contributed by atoms with van der Waals surface area (Å²) in [6.07, 6.45) is -5.51. The molecule has 4 nitrogen and oxygen atoms in total. The minimum absolute atomic E-state index is 0.129. The third-order valence-electron chi connectivity index (χ3n) is 3.62. The summed E-state index contributed by atoms with van der Waals surface area (Å²) < 4.78 is 52.4.